The summed E-state index contributed by atoms with van der Waals surface area (Å²) in [6.07, 6.45) is 3.88. The first-order valence-electron chi connectivity index (χ1n) is 8.77. The maximum Gasteiger partial charge on any atom is 0.342 e. The van der Waals surface area contributed by atoms with Crippen LogP contribution < -0.4 is 10.2 Å². The molecule has 138 valence electrons. The van der Waals surface area contributed by atoms with Crippen LogP contribution in [0.2, 0.25) is 0 Å². The highest BCUT2D eigenvalue weighted by Crippen LogP contribution is 2.26. The highest BCUT2D eigenvalue weighted by molar-refractivity contribution is 5.96. The van der Waals surface area contributed by atoms with Gasteiger partial charge in [0.1, 0.15) is 5.56 Å². The van der Waals surface area contributed by atoms with Crippen molar-refractivity contribution in [1.29, 1.82) is 0 Å². The minimum absolute atomic E-state index is 0.333. The number of carbonyl (C=O) groups excluding carboxylic acids is 2. The summed E-state index contributed by atoms with van der Waals surface area (Å²) < 4.78 is 6.66. The van der Waals surface area contributed by atoms with Gasteiger partial charge >= 0.3 is 5.97 Å². The first kappa shape index (κ1) is 18.0. The molecule has 0 atom stereocenters. The van der Waals surface area contributed by atoms with Crippen molar-refractivity contribution in [3.05, 3.63) is 41.2 Å². The summed E-state index contributed by atoms with van der Waals surface area (Å²) in [6.45, 7) is 5.63. The molecule has 26 heavy (non-hydrogen) atoms. The van der Waals surface area contributed by atoms with Crippen molar-refractivity contribution in [1.82, 2.24) is 9.78 Å². The van der Waals surface area contributed by atoms with E-state index in [-0.39, 0.29) is 12.5 Å². The van der Waals surface area contributed by atoms with Crippen LogP contribution in [-0.4, -0.2) is 41.4 Å². The number of rotatable bonds is 5. The molecule has 1 fully saturated rings. The summed E-state index contributed by atoms with van der Waals surface area (Å²) in [4.78, 5) is 26.5. The van der Waals surface area contributed by atoms with E-state index in [0.29, 0.717) is 16.9 Å². The van der Waals surface area contributed by atoms with E-state index in [1.165, 1.54) is 24.7 Å². The molecule has 3 rings (SSSR count). The number of carbonyl (C=O) groups is 2. The van der Waals surface area contributed by atoms with Gasteiger partial charge in [-0.3, -0.25) is 9.48 Å². The summed E-state index contributed by atoms with van der Waals surface area (Å²) in [5.74, 6) is -0.917. The molecule has 2 aromatic rings. The van der Waals surface area contributed by atoms with E-state index in [1.807, 2.05) is 25.1 Å². The molecular weight excluding hydrogens is 332 g/mol. The van der Waals surface area contributed by atoms with Gasteiger partial charge in [0.15, 0.2) is 6.61 Å². The molecule has 7 nitrogen and oxygen atoms in total. The van der Waals surface area contributed by atoms with Gasteiger partial charge in [0, 0.05) is 37.2 Å². The fraction of sp³-hybridized carbons (Fsp3) is 0.421. The van der Waals surface area contributed by atoms with Crippen LogP contribution in [0.5, 0.6) is 0 Å². The van der Waals surface area contributed by atoms with Crippen molar-refractivity contribution in [2.24, 2.45) is 7.05 Å². The molecule has 1 aliphatic rings. The monoisotopic (exact) mass is 356 g/mol. The molecule has 1 amide bonds. The van der Waals surface area contributed by atoms with Crippen LogP contribution in [0.4, 0.5) is 11.4 Å². The van der Waals surface area contributed by atoms with Gasteiger partial charge in [-0.1, -0.05) is 0 Å². The maximum absolute atomic E-state index is 12.1. The smallest absolute Gasteiger partial charge is 0.342 e. The molecule has 0 unspecified atom stereocenters. The van der Waals surface area contributed by atoms with Crippen LogP contribution in [-0.2, 0) is 16.6 Å². The van der Waals surface area contributed by atoms with Gasteiger partial charge in [0.05, 0.1) is 6.20 Å². The number of nitrogens with one attached hydrogen (secondary N) is 1. The SMILES string of the molecule is Cc1cc(NC(=O)COC(=O)c2cnn(C)c2C)ccc1N1CCCC1. The van der Waals surface area contributed by atoms with Crippen molar-refractivity contribution in [3.8, 4) is 0 Å². The average molecular weight is 356 g/mol. The molecule has 0 radical (unpaired) electrons. The number of nitrogens with zero attached hydrogens (tertiary/aromatic N) is 3. The molecule has 1 aromatic heterocycles. The zero-order chi connectivity index (χ0) is 18.7. The Balaban J connectivity index is 1.55. The number of hydrogen-bond acceptors (Lipinski definition) is 5. The van der Waals surface area contributed by atoms with Gasteiger partial charge < -0.3 is 15.0 Å². The molecule has 0 spiro atoms. The zero-order valence-corrected chi connectivity index (χ0v) is 15.4. The van der Waals surface area contributed by atoms with Crippen molar-refractivity contribution >= 4 is 23.3 Å². The zero-order valence-electron chi connectivity index (χ0n) is 15.4. The molecule has 1 saturated heterocycles. The third kappa shape index (κ3) is 3.87. The van der Waals surface area contributed by atoms with E-state index in [2.05, 4.69) is 15.3 Å². The normalized spacial score (nSPS) is 13.7. The number of hydrogen-bond donors (Lipinski definition) is 1. The van der Waals surface area contributed by atoms with Gasteiger partial charge in [-0.15, -0.1) is 0 Å². The van der Waals surface area contributed by atoms with Crippen molar-refractivity contribution in [2.75, 3.05) is 29.9 Å². The predicted octanol–water partition coefficient (Wildman–Crippen LogP) is 2.43. The number of aromatic nitrogens is 2. The topological polar surface area (TPSA) is 76.5 Å². The highest BCUT2D eigenvalue weighted by atomic mass is 16.5. The molecule has 0 saturated carbocycles. The minimum atomic E-state index is -0.550. The quantitative estimate of drug-likeness (QED) is 0.833. The van der Waals surface area contributed by atoms with Crippen molar-refractivity contribution in [3.63, 3.8) is 0 Å². The van der Waals surface area contributed by atoms with Gasteiger partial charge in [-0.05, 0) is 50.5 Å². The fourth-order valence-electron chi connectivity index (χ4n) is 3.15. The van der Waals surface area contributed by atoms with E-state index in [0.717, 1.165) is 18.7 Å². The number of esters is 1. The number of ether oxygens (including phenoxy) is 1. The summed E-state index contributed by atoms with van der Waals surface area (Å²) >= 11 is 0. The van der Waals surface area contributed by atoms with Crippen molar-refractivity contribution in [2.45, 2.75) is 26.7 Å². The predicted molar refractivity (Wildman–Crippen MR) is 99.5 cm³/mol. The molecule has 7 heteroatoms. The molecule has 2 heterocycles. The Morgan fingerprint density at radius 2 is 1.96 bits per heavy atom. The number of benzene rings is 1. The largest absolute Gasteiger partial charge is 0.452 e. The lowest BCUT2D eigenvalue weighted by molar-refractivity contribution is -0.119. The number of amides is 1. The summed E-state index contributed by atoms with van der Waals surface area (Å²) in [5.41, 5.74) is 4.09. The second-order valence-electron chi connectivity index (χ2n) is 6.59. The van der Waals surface area contributed by atoms with E-state index in [9.17, 15) is 9.59 Å². The molecular formula is C19H24N4O3. The molecule has 0 bridgehead atoms. The Hall–Kier alpha value is -2.83. The summed E-state index contributed by atoms with van der Waals surface area (Å²) in [6, 6.07) is 5.85. The molecule has 1 N–H and O–H groups in total. The second kappa shape index (κ2) is 7.59. The van der Waals surface area contributed by atoms with Crippen LogP contribution in [0.1, 0.15) is 34.5 Å². The van der Waals surface area contributed by atoms with Crippen LogP contribution in [0.25, 0.3) is 0 Å². The lowest BCUT2D eigenvalue weighted by atomic mass is 10.1. The minimum Gasteiger partial charge on any atom is -0.452 e. The first-order valence-corrected chi connectivity index (χ1v) is 8.77. The standard InChI is InChI=1S/C19H24N4O3/c1-13-10-15(6-7-17(13)23-8-4-5-9-23)21-18(24)12-26-19(25)16-11-20-22(3)14(16)2/h6-7,10-11H,4-5,8-9,12H2,1-3H3,(H,21,24). The molecule has 1 aliphatic heterocycles. The summed E-state index contributed by atoms with van der Waals surface area (Å²) in [7, 11) is 1.74. The van der Waals surface area contributed by atoms with E-state index in [4.69, 9.17) is 4.74 Å². The van der Waals surface area contributed by atoms with Gasteiger partial charge in [-0.25, -0.2) is 4.79 Å². The van der Waals surface area contributed by atoms with E-state index < -0.39 is 5.97 Å². The third-order valence-corrected chi connectivity index (χ3v) is 4.72. The van der Waals surface area contributed by atoms with Gasteiger partial charge in [0.25, 0.3) is 5.91 Å². The Kier molecular flexibility index (Phi) is 5.25. The maximum atomic E-state index is 12.1. The fourth-order valence-corrected chi connectivity index (χ4v) is 3.15. The second-order valence-corrected chi connectivity index (χ2v) is 6.59. The van der Waals surface area contributed by atoms with E-state index >= 15 is 0 Å². The Morgan fingerprint density at radius 1 is 1.23 bits per heavy atom. The number of aryl methyl sites for hydroxylation is 2. The first-order chi connectivity index (χ1) is 12.5. The Labute approximate surface area is 152 Å². The lowest BCUT2D eigenvalue weighted by Crippen LogP contribution is -2.22. The third-order valence-electron chi connectivity index (χ3n) is 4.72. The van der Waals surface area contributed by atoms with Crippen LogP contribution >= 0.6 is 0 Å². The van der Waals surface area contributed by atoms with Crippen LogP contribution in [0, 0.1) is 13.8 Å². The molecule has 0 aliphatic carbocycles. The van der Waals surface area contributed by atoms with Gasteiger partial charge in [-0.2, -0.15) is 5.10 Å². The Bertz CT molecular complexity index is 822. The van der Waals surface area contributed by atoms with Gasteiger partial charge in [0.2, 0.25) is 0 Å². The molecule has 1 aromatic carbocycles. The average Bonchev–Trinajstić information content (AvgIpc) is 3.24. The Morgan fingerprint density at radius 3 is 2.58 bits per heavy atom. The summed E-state index contributed by atoms with van der Waals surface area (Å²) in [5, 5.41) is 6.77. The van der Waals surface area contributed by atoms with Crippen LogP contribution in [0.15, 0.2) is 24.4 Å². The lowest BCUT2D eigenvalue weighted by Gasteiger charge is -2.20. The van der Waals surface area contributed by atoms with E-state index in [1.54, 1.807) is 18.7 Å². The highest BCUT2D eigenvalue weighted by Gasteiger charge is 2.17. The van der Waals surface area contributed by atoms with Crippen LogP contribution in [0.3, 0.4) is 0 Å². The van der Waals surface area contributed by atoms with Crippen molar-refractivity contribution < 1.29 is 14.3 Å². The number of anilines is 2.